The SMILES string of the molecule is CC1(C)C=CC=c2cc3c(cc21)=Cc1[c]cccc1-3. The lowest BCUT2D eigenvalue weighted by atomic mass is 9.80. The zero-order valence-electron chi connectivity index (χ0n) is 11.2. The first-order valence-corrected chi connectivity index (χ1v) is 6.72. The van der Waals surface area contributed by atoms with E-state index in [1.807, 2.05) is 6.07 Å². The summed E-state index contributed by atoms with van der Waals surface area (Å²) >= 11 is 0. The average molecular weight is 243 g/mol. The molecule has 2 aromatic rings. The van der Waals surface area contributed by atoms with E-state index in [0.717, 1.165) is 0 Å². The maximum absolute atomic E-state index is 3.33. The Morgan fingerprint density at radius 3 is 2.84 bits per heavy atom. The molecule has 0 spiro atoms. The summed E-state index contributed by atoms with van der Waals surface area (Å²) in [7, 11) is 0. The molecular weight excluding hydrogens is 228 g/mol. The van der Waals surface area contributed by atoms with E-state index in [-0.39, 0.29) is 5.41 Å². The minimum absolute atomic E-state index is 0.117. The number of hydrogen-bond donors (Lipinski definition) is 0. The highest BCUT2D eigenvalue weighted by molar-refractivity contribution is 5.83. The van der Waals surface area contributed by atoms with Crippen molar-refractivity contribution in [1.82, 2.24) is 0 Å². The molecule has 0 atom stereocenters. The quantitative estimate of drug-likeness (QED) is 0.569. The molecule has 2 aliphatic carbocycles. The Kier molecular flexibility index (Phi) is 1.98. The molecular formula is C19H15. The van der Waals surface area contributed by atoms with Gasteiger partial charge in [-0.1, -0.05) is 50.3 Å². The van der Waals surface area contributed by atoms with E-state index in [0.29, 0.717) is 0 Å². The Bertz CT molecular complexity index is 833. The highest BCUT2D eigenvalue weighted by atomic mass is 14.3. The maximum atomic E-state index is 3.33. The van der Waals surface area contributed by atoms with Gasteiger partial charge in [0.15, 0.2) is 0 Å². The molecule has 0 aromatic heterocycles. The summed E-state index contributed by atoms with van der Waals surface area (Å²) in [6.45, 7) is 4.55. The van der Waals surface area contributed by atoms with Crippen LogP contribution in [0.15, 0.2) is 42.5 Å². The van der Waals surface area contributed by atoms with Crippen molar-refractivity contribution in [3.8, 4) is 11.1 Å². The Morgan fingerprint density at radius 1 is 1.05 bits per heavy atom. The van der Waals surface area contributed by atoms with Gasteiger partial charge in [0.1, 0.15) is 0 Å². The number of rotatable bonds is 0. The van der Waals surface area contributed by atoms with E-state index < -0.39 is 0 Å². The van der Waals surface area contributed by atoms with Crippen molar-refractivity contribution in [1.29, 1.82) is 0 Å². The minimum atomic E-state index is 0.117. The molecule has 0 fully saturated rings. The number of allylic oxidation sites excluding steroid dienone is 2. The number of hydrogen-bond acceptors (Lipinski definition) is 0. The predicted molar refractivity (Wildman–Crippen MR) is 80.2 cm³/mol. The topological polar surface area (TPSA) is 0 Å². The van der Waals surface area contributed by atoms with Crippen LogP contribution in [0, 0.1) is 6.07 Å². The second kappa shape index (κ2) is 3.48. The third-order valence-corrected chi connectivity index (χ3v) is 4.18. The zero-order chi connectivity index (χ0) is 13.0. The maximum Gasteiger partial charge on any atom is 0.00845 e. The molecule has 0 unspecified atom stereocenters. The van der Waals surface area contributed by atoms with Crippen molar-refractivity contribution in [3.63, 3.8) is 0 Å². The Morgan fingerprint density at radius 2 is 1.95 bits per heavy atom. The largest absolute Gasteiger partial charge is 0.0744 e. The second-order valence-corrected chi connectivity index (χ2v) is 5.92. The number of benzene rings is 2. The van der Waals surface area contributed by atoms with Crippen LogP contribution in [0.25, 0.3) is 23.3 Å². The van der Waals surface area contributed by atoms with Gasteiger partial charge in [-0.2, -0.15) is 0 Å². The van der Waals surface area contributed by atoms with E-state index in [1.165, 1.54) is 32.7 Å². The van der Waals surface area contributed by atoms with Gasteiger partial charge in [0, 0.05) is 5.41 Å². The zero-order valence-corrected chi connectivity index (χ0v) is 11.2. The normalized spacial score (nSPS) is 16.9. The Hall–Kier alpha value is -2.08. The van der Waals surface area contributed by atoms with Crippen molar-refractivity contribution >= 4 is 12.2 Å². The third-order valence-electron chi connectivity index (χ3n) is 4.18. The molecule has 2 aliphatic rings. The van der Waals surface area contributed by atoms with Crippen molar-refractivity contribution in [2.24, 2.45) is 0 Å². The lowest BCUT2D eigenvalue weighted by Gasteiger charge is -2.24. The van der Waals surface area contributed by atoms with Crippen LogP contribution in [0.1, 0.15) is 25.0 Å². The molecule has 19 heavy (non-hydrogen) atoms. The van der Waals surface area contributed by atoms with Crippen LogP contribution in [0.2, 0.25) is 0 Å². The van der Waals surface area contributed by atoms with Crippen LogP contribution >= 0.6 is 0 Å². The van der Waals surface area contributed by atoms with Gasteiger partial charge in [-0.15, -0.1) is 0 Å². The molecule has 0 heteroatoms. The highest BCUT2D eigenvalue weighted by Gasteiger charge is 2.22. The van der Waals surface area contributed by atoms with Crippen LogP contribution in [-0.2, 0) is 5.41 Å². The van der Waals surface area contributed by atoms with Crippen molar-refractivity contribution in [3.05, 3.63) is 70.1 Å². The van der Waals surface area contributed by atoms with E-state index in [1.54, 1.807) is 0 Å². The summed E-state index contributed by atoms with van der Waals surface area (Å²) in [5.74, 6) is 0. The summed E-state index contributed by atoms with van der Waals surface area (Å²) in [5.41, 5.74) is 5.39. The molecule has 2 aromatic carbocycles. The van der Waals surface area contributed by atoms with Gasteiger partial charge in [0.25, 0.3) is 0 Å². The van der Waals surface area contributed by atoms with Gasteiger partial charge < -0.3 is 0 Å². The predicted octanol–water partition coefficient (Wildman–Crippen LogP) is 2.92. The summed E-state index contributed by atoms with van der Waals surface area (Å²) < 4.78 is 0. The molecule has 0 saturated heterocycles. The first kappa shape index (κ1) is 10.8. The van der Waals surface area contributed by atoms with Gasteiger partial charge >= 0.3 is 0 Å². The van der Waals surface area contributed by atoms with Crippen LogP contribution in [0.3, 0.4) is 0 Å². The average Bonchev–Trinajstić information content (AvgIpc) is 2.75. The first-order chi connectivity index (χ1) is 9.15. The van der Waals surface area contributed by atoms with Gasteiger partial charge in [-0.05, 0) is 57.0 Å². The molecule has 0 N–H and O–H groups in total. The monoisotopic (exact) mass is 243 g/mol. The fraction of sp³-hybridized carbons (Fsp3) is 0.158. The molecule has 0 amide bonds. The van der Waals surface area contributed by atoms with Gasteiger partial charge in [0.2, 0.25) is 0 Å². The van der Waals surface area contributed by atoms with Gasteiger partial charge in [-0.25, -0.2) is 0 Å². The van der Waals surface area contributed by atoms with Crippen molar-refractivity contribution in [2.75, 3.05) is 0 Å². The molecule has 4 rings (SSSR count). The molecule has 0 aliphatic heterocycles. The Balaban J connectivity index is 2.09. The fourth-order valence-corrected chi connectivity index (χ4v) is 3.12. The van der Waals surface area contributed by atoms with Crippen molar-refractivity contribution < 1.29 is 0 Å². The fourth-order valence-electron chi connectivity index (χ4n) is 3.12. The smallest absolute Gasteiger partial charge is 0.00845 e. The van der Waals surface area contributed by atoms with E-state index in [4.69, 9.17) is 0 Å². The molecule has 1 radical (unpaired) electrons. The van der Waals surface area contributed by atoms with Crippen LogP contribution in [-0.4, -0.2) is 0 Å². The molecule has 0 bridgehead atoms. The summed E-state index contributed by atoms with van der Waals surface area (Å²) in [4.78, 5) is 0. The van der Waals surface area contributed by atoms with E-state index in [2.05, 4.69) is 68.5 Å². The Labute approximate surface area is 113 Å². The molecule has 0 heterocycles. The lowest BCUT2D eigenvalue weighted by molar-refractivity contribution is 0.661. The molecule has 91 valence electrons. The standard InChI is InChI=1S/C19H15/c1-19(2)9-5-7-14-11-17-15(12-18(14)19)10-13-6-3-4-8-16(13)17/h3-5,7-12H,1-2H3. The first-order valence-electron chi connectivity index (χ1n) is 6.72. The van der Waals surface area contributed by atoms with Crippen LogP contribution < -0.4 is 10.4 Å². The molecule has 0 saturated carbocycles. The lowest BCUT2D eigenvalue weighted by Crippen LogP contribution is -2.29. The highest BCUT2D eigenvalue weighted by Crippen LogP contribution is 2.28. The van der Waals surface area contributed by atoms with E-state index >= 15 is 0 Å². The minimum Gasteiger partial charge on any atom is -0.0744 e. The van der Waals surface area contributed by atoms with Crippen LogP contribution in [0.4, 0.5) is 0 Å². The summed E-state index contributed by atoms with van der Waals surface area (Å²) in [6, 6.07) is 14.2. The van der Waals surface area contributed by atoms with Gasteiger partial charge in [-0.3, -0.25) is 0 Å². The van der Waals surface area contributed by atoms with E-state index in [9.17, 15) is 0 Å². The van der Waals surface area contributed by atoms with Crippen LogP contribution in [0.5, 0.6) is 0 Å². The summed E-state index contributed by atoms with van der Waals surface area (Å²) in [6.07, 6.45) is 8.91. The third kappa shape index (κ3) is 1.46. The molecule has 0 nitrogen and oxygen atoms in total. The summed E-state index contributed by atoms with van der Waals surface area (Å²) in [5, 5.41) is 2.67. The van der Waals surface area contributed by atoms with Gasteiger partial charge in [0.05, 0.1) is 0 Å². The number of fused-ring (bicyclic) bond motifs is 4. The second-order valence-electron chi connectivity index (χ2n) is 5.92. The van der Waals surface area contributed by atoms with Crippen molar-refractivity contribution in [2.45, 2.75) is 19.3 Å².